The van der Waals surface area contributed by atoms with Gasteiger partial charge in [0.1, 0.15) is 40.1 Å². The topological polar surface area (TPSA) is 100 Å². The van der Waals surface area contributed by atoms with E-state index in [0.717, 1.165) is 5.57 Å². The highest BCUT2D eigenvalue weighted by molar-refractivity contribution is 5.95. The fourth-order valence-corrected chi connectivity index (χ4v) is 3.63. The van der Waals surface area contributed by atoms with Gasteiger partial charge in [-0.3, -0.25) is 4.79 Å². The van der Waals surface area contributed by atoms with Crippen LogP contribution in [0, 0.1) is 0 Å². The molecule has 1 aliphatic heterocycles. The number of ether oxygens (including phenoxy) is 1. The van der Waals surface area contributed by atoms with Gasteiger partial charge in [0.05, 0.1) is 17.7 Å². The number of hydrogen-bond donors (Lipinski definition) is 3. The standard InChI is InChI=1S/C25H24O6/c1-14(2)4-9-18-23-17(10-11-25(3,13-26)31-23)21(28)20-22(29)19(12-30-24(18)20)15-5-7-16(27)8-6-15/h4-8,10-12,26-28H,9,13H2,1-3H3/t25-/m0/s1. The third-order valence-electron chi connectivity index (χ3n) is 5.42. The highest BCUT2D eigenvalue weighted by atomic mass is 16.5. The van der Waals surface area contributed by atoms with Gasteiger partial charge in [-0.15, -0.1) is 0 Å². The third kappa shape index (κ3) is 3.59. The van der Waals surface area contributed by atoms with E-state index in [9.17, 15) is 20.1 Å². The number of aromatic hydroxyl groups is 2. The van der Waals surface area contributed by atoms with Gasteiger partial charge in [-0.1, -0.05) is 23.8 Å². The molecule has 160 valence electrons. The molecule has 0 spiro atoms. The summed E-state index contributed by atoms with van der Waals surface area (Å²) >= 11 is 0. The van der Waals surface area contributed by atoms with E-state index in [1.165, 1.54) is 18.4 Å². The summed E-state index contributed by atoms with van der Waals surface area (Å²) in [4.78, 5) is 13.4. The van der Waals surface area contributed by atoms with Crippen LogP contribution in [0.2, 0.25) is 0 Å². The van der Waals surface area contributed by atoms with Crippen LogP contribution < -0.4 is 10.2 Å². The molecule has 3 N–H and O–H groups in total. The van der Waals surface area contributed by atoms with Crippen molar-refractivity contribution in [1.82, 2.24) is 0 Å². The minimum Gasteiger partial charge on any atom is -0.508 e. The number of allylic oxidation sites excluding steroid dienone is 2. The average Bonchev–Trinajstić information content (AvgIpc) is 2.74. The van der Waals surface area contributed by atoms with Crippen molar-refractivity contribution in [1.29, 1.82) is 0 Å². The molecular formula is C25H24O6. The summed E-state index contributed by atoms with van der Waals surface area (Å²) in [6.07, 6.45) is 7.11. The Morgan fingerprint density at radius 1 is 1.16 bits per heavy atom. The molecule has 1 aromatic heterocycles. The minimum atomic E-state index is -0.945. The summed E-state index contributed by atoms with van der Waals surface area (Å²) in [5.74, 6) is 0.253. The van der Waals surface area contributed by atoms with E-state index in [-0.39, 0.29) is 40.1 Å². The summed E-state index contributed by atoms with van der Waals surface area (Å²) in [5, 5.41) is 30.4. The van der Waals surface area contributed by atoms with Crippen LogP contribution in [0.5, 0.6) is 17.2 Å². The monoisotopic (exact) mass is 420 g/mol. The van der Waals surface area contributed by atoms with Gasteiger partial charge in [0.25, 0.3) is 0 Å². The Kier molecular flexibility index (Phi) is 5.11. The van der Waals surface area contributed by atoms with Gasteiger partial charge in [0.2, 0.25) is 5.43 Å². The molecule has 1 atom stereocenters. The molecule has 0 aliphatic carbocycles. The van der Waals surface area contributed by atoms with E-state index in [1.54, 1.807) is 31.2 Å². The van der Waals surface area contributed by atoms with Crippen LogP contribution in [-0.2, 0) is 6.42 Å². The summed E-state index contributed by atoms with van der Waals surface area (Å²) in [6.45, 7) is 5.43. The molecule has 0 saturated heterocycles. The van der Waals surface area contributed by atoms with E-state index >= 15 is 0 Å². The quantitative estimate of drug-likeness (QED) is 0.536. The number of benzene rings is 2. The van der Waals surface area contributed by atoms with E-state index in [4.69, 9.17) is 9.15 Å². The number of hydrogen-bond acceptors (Lipinski definition) is 6. The summed E-state index contributed by atoms with van der Waals surface area (Å²) in [5.41, 5.74) is 1.85. The van der Waals surface area contributed by atoms with Gasteiger partial charge in [-0.05, 0) is 57.0 Å². The van der Waals surface area contributed by atoms with Crippen LogP contribution in [0.4, 0.5) is 0 Å². The largest absolute Gasteiger partial charge is 0.508 e. The number of fused-ring (bicyclic) bond motifs is 2. The molecule has 0 amide bonds. The smallest absolute Gasteiger partial charge is 0.204 e. The highest BCUT2D eigenvalue weighted by Crippen LogP contribution is 2.45. The molecule has 2 heterocycles. The SMILES string of the molecule is CC(C)=CCc1c2c(c(O)c3c(=O)c(-c4ccc(O)cc4)coc13)C=C[C@@](C)(CO)O2. The molecule has 0 saturated carbocycles. The first-order valence-electron chi connectivity index (χ1n) is 9.99. The highest BCUT2D eigenvalue weighted by Gasteiger charge is 2.32. The van der Waals surface area contributed by atoms with Crippen molar-refractivity contribution in [3.63, 3.8) is 0 Å². The van der Waals surface area contributed by atoms with Crippen LogP contribution in [0.15, 0.2) is 57.5 Å². The van der Waals surface area contributed by atoms with E-state index in [2.05, 4.69) is 0 Å². The lowest BCUT2D eigenvalue weighted by Gasteiger charge is -2.31. The fraction of sp³-hybridized carbons (Fsp3) is 0.240. The predicted molar refractivity (Wildman–Crippen MR) is 120 cm³/mol. The van der Waals surface area contributed by atoms with Crippen molar-refractivity contribution in [3.8, 4) is 28.4 Å². The molecule has 1 aliphatic rings. The maximum atomic E-state index is 13.4. The number of aliphatic hydroxyl groups is 1. The first-order chi connectivity index (χ1) is 14.7. The average molecular weight is 420 g/mol. The van der Waals surface area contributed by atoms with Gasteiger partial charge >= 0.3 is 0 Å². The molecule has 0 bridgehead atoms. The number of rotatable bonds is 4. The maximum Gasteiger partial charge on any atom is 0.204 e. The van der Waals surface area contributed by atoms with Crippen molar-refractivity contribution in [3.05, 3.63) is 69.6 Å². The van der Waals surface area contributed by atoms with Crippen molar-refractivity contribution < 1.29 is 24.5 Å². The molecule has 31 heavy (non-hydrogen) atoms. The van der Waals surface area contributed by atoms with Crippen molar-refractivity contribution in [2.45, 2.75) is 32.8 Å². The van der Waals surface area contributed by atoms with Crippen molar-refractivity contribution >= 4 is 17.0 Å². The van der Waals surface area contributed by atoms with Gasteiger partial charge in [0, 0.05) is 5.56 Å². The van der Waals surface area contributed by atoms with Crippen molar-refractivity contribution in [2.75, 3.05) is 6.61 Å². The second-order valence-electron chi connectivity index (χ2n) is 8.19. The Morgan fingerprint density at radius 2 is 1.87 bits per heavy atom. The van der Waals surface area contributed by atoms with Gasteiger partial charge in [-0.2, -0.15) is 0 Å². The van der Waals surface area contributed by atoms with E-state index in [0.29, 0.717) is 28.9 Å². The summed E-state index contributed by atoms with van der Waals surface area (Å²) in [6, 6.07) is 6.20. The number of aliphatic hydroxyl groups excluding tert-OH is 1. The Labute approximate surface area is 179 Å². The Morgan fingerprint density at radius 3 is 2.52 bits per heavy atom. The number of phenolic OH excluding ortho intramolecular Hbond substituents is 2. The van der Waals surface area contributed by atoms with Gasteiger partial charge < -0.3 is 24.5 Å². The molecule has 0 radical (unpaired) electrons. The second kappa shape index (κ2) is 7.63. The summed E-state index contributed by atoms with van der Waals surface area (Å²) < 4.78 is 12.0. The molecule has 0 fully saturated rings. The van der Waals surface area contributed by atoms with Crippen LogP contribution in [0.1, 0.15) is 31.9 Å². The Balaban J connectivity index is 2.04. The summed E-state index contributed by atoms with van der Waals surface area (Å²) in [7, 11) is 0. The minimum absolute atomic E-state index is 0.0716. The zero-order valence-corrected chi connectivity index (χ0v) is 17.6. The Hall–Kier alpha value is -3.51. The lowest BCUT2D eigenvalue weighted by atomic mass is 9.93. The first kappa shape index (κ1) is 20.8. The van der Waals surface area contributed by atoms with Crippen LogP contribution in [-0.4, -0.2) is 27.5 Å². The van der Waals surface area contributed by atoms with Crippen LogP contribution in [0.3, 0.4) is 0 Å². The molecule has 6 nitrogen and oxygen atoms in total. The number of phenols is 2. The van der Waals surface area contributed by atoms with Gasteiger partial charge in [0.15, 0.2) is 0 Å². The van der Waals surface area contributed by atoms with Crippen LogP contribution in [0.25, 0.3) is 28.2 Å². The first-order valence-corrected chi connectivity index (χ1v) is 9.99. The van der Waals surface area contributed by atoms with Gasteiger partial charge in [-0.25, -0.2) is 0 Å². The second-order valence-corrected chi connectivity index (χ2v) is 8.19. The molecule has 4 rings (SSSR count). The van der Waals surface area contributed by atoms with E-state index < -0.39 is 5.60 Å². The lowest BCUT2D eigenvalue weighted by molar-refractivity contribution is 0.0631. The van der Waals surface area contributed by atoms with Crippen molar-refractivity contribution in [2.24, 2.45) is 0 Å². The normalized spacial score (nSPS) is 17.3. The molecule has 3 aromatic rings. The molecular weight excluding hydrogens is 396 g/mol. The van der Waals surface area contributed by atoms with Crippen LogP contribution >= 0.6 is 0 Å². The Bertz CT molecular complexity index is 1280. The zero-order chi connectivity index (χ0) is 22.3. The third-order valence-corrected chi connectivity index (χ3v) is 5.42. The van der Waals surface area contributed by atoms with E-state index in [1.807, 2.05) is 19.9 Å². The maximum absolute atomic E-state index is 13.4. The predicted octanol–water partition coefficient (Wildman–Crippen LogP) is 4.54. The molecule has 0 unspecified atom stereocenters. The molecule has 2 aromatic carbocycles. The fourth-order valence-electron chi connectivity index (χ4n) is 3.63. The lowest BCUT2D eigenvalue weighted by Crippen LogP contribution is -2.36. The zero-order valence-electron chi connectivity index (χ0n) is 17.6. The molecule has 6 heteroatoms.